The third-order valence-electron chi connectivity index (χ3n) is 2.97. The predicted octanol–water partition coefficient (Wildman–Crippen LogP) is 2.99. The average molecular weight is 289 g/mol. The second kappa shape index (κ2) is 7.17. The van der Waals surface area contributed by atoms with Crippen molar-refractivity contribution in [3.63, 3.8) is 0 Å². The molecule has 0 aliphatic heterocycles. The molecule has 1 aromatic heterocycles. The molecule has 0 saturated carbocycles. The number of nitrogens with zero attached hydrogens (tertiary/aromatic N) is 1. The van der Waals surface area contributed by atoms with Crippen LogP contribution in [0.3, 0.4) is 0 Å². The summed E-state index contributed by atoms with van der Waals surface area (Å²) in [5.41, 5.74) is 1.96. The van der Waals surface area contributed by atoms with Crippen LogP contribution in [0.5, 0.6) is 0 Å². The molecule has 0 fully saturated rings. The van der Waals surface area contributed by atoms with Crippen LogP contribution in [-0.4, -0.2) is 17.4 Å². The van der Waals surface area contributed by atoms with Crippen molar-refractivity contribution in [2.75, 3.05) is 11.9 Å². The van der Waals surface area contributed by atoms with E-state index in [4.69, 9.17) is 0 Å². The van der Waals surface area contributed by atoms with Gasteiger partial charge in [0.2, 0.25) is 5.91 Å². The molecule has 0 aliphatic rings. The van der Waals surface area contributed by atoms with Gasteiger partial charge in [0.1, 0.15) is 0 Å². The Bertz CT molecular complexity index is 554. The first-order valence-electron chi connectivity index (χ1n) is 6.62. The molecule has 0 bridgehead atoms. The minimum absolute atomic E-state index is 0.0476. The Balaban J connectivity index is 1.89. The Morgan fingerprint density at radius 1 is 1.40 bits per heavy atom. The lowest BCUT2D eigenvalue weighted by Crippen LogP contribution is -2.20. The number of para-hydroxylation sites is 1. The topological polar surface area (TPSA) is 54.0 Å². The van der Waals surface area contributed by atoms with E-state index in [0.29, 0.717) is 5.92 Å². The number of amides is 1. The summed E-state index contributed by atoms with van der Waals surface area (Å²) in [6.07, 6.45) is 1.84. The highest BCUT2D eigenvalue weighted by Gasteiger charge is 2.08. The van der Waals surface area contributed by atoms with Crippen LogP contribution in [0.1, 0.15) is 30.3 Å². The quantitative estimate of drug-likeness (QED) is 0.859. The average Bonchev–Trinajstić information content (AvgIpc) is 2.94. The molecule has 1 atom stereocenters. The monoisotopic (exact) mass is 289 g/mol. The van der Waals surface area contributed by atoms with E-state index in [1.54, 1.807) is 11.3 Å². The lowest BCUT2D eigenvalue weighted by Gasteiger charge is -2.13. The molecule has 106 valence electrons. The van der Waals surface area contributed by atoms with Gasteiger partial charge in [-0.05, 0) is 11.6 Å². The Labute approximate surface area is 123 Å². The van der Waals surface area contributed by atoms with Gasteiger partial charge in [-0.15, -0.1) is 11.3 Å². The van der Waals surface area contributed by atoms with Gasteiger partial charge < -0.3 is 10.6 Å². The molecule has 0 radical (unpaired) electrons. The van der Waals surface area contributed by atoms with Crippen LogP contribution in [0.25, 0.3) is 0 Å². The molecule has 20 heavy (non-hydrogen) atoms. The summed E-state index contributed by atoms with van der Waals surface area (Å²) >= 11 is 1.68. The van der Waals surface area contributed by atoms with Crippen molar-refractivity contribution in [2.24, 2.45) is 0 Å². The van der Waals surface area contributed by atoms with E-state index >= 15 is 0 Å². The summed E-state index contributed by atoms with van der Waals surface area (Å²) < 4.78 is 0. The van der Waals surface area contributed by atoms with Crippen molar-refractivity contribution in [2.45, 2.75) is 26.3 Å². The largest absolute Gasteiger partial charge is 0.326 e. The van der Waals surface area contributed by atoms with Gasteiger partial charge in [0.15, 0.2) is 0 Å². The second-order valence-electron chi connectivity index (χ2n) is 4.74. The number of thiazole rings is 1. The van der Waals surface area contributed by atoms with Crippen LogP contribution in [-0.2, 0) is 11.3 Å². The van der Waals surface area contributed by atoms with Gasteiger partial charge in [-0.2, -0.15) is 0 Å². The molecular formula is C15H19N3OS. The van der Waals surface area contributed by atoms with Crippen molar-refractivity contribution in [1.82, 2.24) is 10.3 Å². The molecule has 2 N–H and O–H groups in total. The minimum Gasteiger partial charge on any atom is -0.326 e. The number of aromatic nitrogens is 1. The lowest BCUT2D eigenvalue weighted by molar-refractivity contribution is -0.114. The molecule has 1 aromatic carbocycles. The number of hydrogen-bond acceptors (Lipinski definition) is 4. The summed E-state index contributed by atoms with van der Waals surface area (Å²) in [4.78, 5) is 15.5. The molecule has 1 heterocycles. The SMILES string of the molecule is CC(=O)Nc1ccccc1CNCC(C)c1nccs1. The van der Waals surface area contributed by atoms with Crippen molar-refractivity contribution in [1.29, 1.82) is 0 Å². The van der Waals surface area contributed by atoms with Gasteiger partial charge in [0, 0.05) is 43.2 Å². The fraction of sp³-hybridized carbons (Fsp3) is 0.333. The van der Waals surface area contributed by atoms with E-state index in [0.717, 1.165) is 29.3 Å². The highest BCUT2D eigenvalue weighted by molar-refractivity contribution is 7.09. The summed E-state index contributed by atoms with van der Waals surface area (Å²) in [5, 5.41) is 9.41. The minimum atomic E-state index is -0.0476. The molecule has 1 amide bonds. The number of rotatable bonds is 6. The Kier molecular flexibility index (Phi) is 5.26. The summed E-state index contributed by atoms with van der Waals surface area (Å²) in [6.45, 7) is 5.27. The number of carbonyl (C=O) groups is 1. The second-order valence-corrected chi connectivity index (χ2v) is 5.67. The van der Waals surface area contributed by atoms with Crippen LogP contribution in [0.4, 0.5) is 5.69 Å². The maximum Gasteiger partial charge on any atom is 0.221 e. The van der Waals surface area contributed by atoms with Gasteiger partial charge in [-0.1, -0.05) is 25.1 Å². The van der Waals surface area contributed by atoms with Crippen LogP contribution in [0.2, 0.25) is 0 Å². The van der Waals surface area contributed by atoms with E-state index in [1.807, 2.05) is 35.8 Å². The van der Waals surface area contributed by atoms with Crippen LogP contribution in [0.15, 0.2) is 35.8 Å². The normalized spacial score (nSPS) is 12.1. The lowest BCUT2D eigenvalue weighted by atomic mass is 10.1. The Hall–Kier alpha value is -1.72. The van der Waals surface area contributed by atoms with E-state index in [2.05, 4.69) is 22.5 Å². The van der Waals surface area contributed by atoms with E-state index < -0.39 is 0 Å². The zero-order valence-electron chi connectivity index (χ0n) is 11.7. The standard InChI is InChI=1S/C15H19N3OS/c1-11(15-17-7-8-20-15)9-16-10-13-5-3-4-6-14(13)18-12(2)19/h3-8,11,16H,9-10H2,1-2H3,(H,18,19). The fourth-order valence-electron chi connectivity index (χ4n) is 1.97. The number of carbonyl (C=O) groups excluding carboxylic acids is 1. The van der Waals surface area contributed by atoms with Gasteiger partial charge in [-0.3, -0.25) is 4.79 Å². The summed E-state index contributed by atoms with van der Waals surface area (Å²) in [5.74, 6) is 0.344. The molecule has 0 spiro atoms. The molecule has 5 heteroatoms. The van der Waals surface area contributed by atoms with Crippen LogP contribution < -0.4 is 10.6 Å². The molecule has 4 nitrogen and oxygen atoms in total. The van der Waals surface area contributed by atoms with Crippen LogP contribution >= 0.6 is 11.3 Å². The van der Waals surface area contributed by atoms with E-state index in [9.17, 15) is 4.79 Å². The highest BCUT2D eigenvalue weighted by atomic mass is 32.1. The maximum atomic E-state index is 11.2. The molecular weight excluding hydrogens is 270 g/mol. The summed E-state index contributed by atoms with van der Waals surface area (Å²) in [7, 11) is 0. The molecule has 0 aliphatic carbocycles. The van der Waals surface area contributed by atoms with Crippen LogP contribution in [0, 0.1) is 0 Å². The number of nitrogens with one attached hydrogen (secondary N) is 2. The summed E-state index contributed by atoms with van der Waals surface area (Å²) in [6, 6.07) is 7.84. The van der Waals surface area contributed by atoms with Crippen molar-refractivity contribution < 1.29 is 4.79 Å². The van der Waals surface area contributed by atoms with Gasteiger partial charge >= 0.3 is 0 Å². The fourth-order valence-corrected chi connectivity index (χ4v) is 2.67. The van der Waals surface area contributed by atoms with Gasteiger partial charge in [0.05, 0.1) is 5.01 Å². The first-order valence-corrected chi connectivity index (χ1v) is 7.50. The number of anilines is 1. The van der Waals surface area contributed by atoms with E-state index in [1.165, 1.54) is 6.92 Å². The third-order valence-corrected chi connectivity index (χ3v) is 3.97. The van der Waals surface area contributed by atoms with Crippen molar-refractivity contribution in [3.8, 4) is 0 Å². The molecule has 1 unspecified atom stereocenters. The predicted molar refractivity (Wildman–Crippen MR) is 83.0 cm³/mol. The number of hydrogen-bond donors (Lipinski definition) is 2. The zero-order chi connectivity index (χ0) is 14.4. The van der Waals surface area contributed by atoms with Gasteiger partial charge in [0.25, 0.3) is 0 Å². The number of benzene rings is 1. The Morgan fingerprint density at radius 2 is 2.20 bits per heavy atom. The third kappa shape index (κ3) is 4.15. The van der Waals surface area contributed by atoms with Crippen molar-refractivity contribution >= 4 is 22.9 Å². The molecule has 0 saturated heterocycles. The highest BCUT2D eigenvalue weighted by Crippen LogP contribution is 2.18. The smallest absolute Gasteiger partial charge is 0.221 e. The molecule has 2 rings (SSSR count). The van der Waals surface area contributed by atoms with Crippen molar-refractivity contribution in [3.05, 3.63) is 46.4 Å². The zero-order valence-corrected chi connectivity index (χ0v) is 12.5. The molecule has 2 aromatic rings. The maximum absolute atomic E-state index is 11.2. The Morgan fingerprint density at radius 3 is 2.90 bits per heavy atom. The first-order chi connectivity index (χ1) is 9.66. The van der Waals surface area contributed by atoms with Gasteiger partial charge in [-0.25, -0.2) is 4.98 Å². The van der Waals surface area contributed by atoms with E-state index in [-0.39, 0.29) is 5.91 Å². The first kappa shape index (κ1) is 14.7.